The Labute approximate surface area is 126 Å². The number of furan rings is 1. The van der Waals surface area contributed by atoms with Gasteiger partial charge in [-0.15, -0.1) is 0 Å². The quantitative estimate of drug-likeness (QED) is 0.479. The summed E-state index contributed by atoms with van der Waals surface area (Å²) in [5.74, 6) is -1.07. The number of aromatic carboxylic acids is 1. The second-order valence-corrected chi connectivity index (χ2v) is 4.98. The molecule has 0 bridgehead atoms. The number of hydrogen-bond donors (Lipinski definition) is 1. The van der Waals surface area contributed by atoms with Crippen molar-refractivity contribution in [3.05, 3.63) is 55.3 Å². The standard InChI is InChI=1S/C12H8INO6/c13-7-1-3-10(9(5-7)12(15)16)19-6-8-2-4-11(20-8)14(17)18/h1-5H,6H2,(H,15,16). The molecule has 104 valence electrons. The van der Waals surface area contributed by atoms with Crippen LogP contribution in [0.5, 0.6) is 5.75 Å². The number of benzene rings is 1. The maximum atomic E-state index is 11.1. The molecule has 0 spiro atoms. The molecule has 0 aliphatic carbocycles. The molecule has 0 saturated carbocycles. The largest absolute Gasteiger partial charge is 0.485 e. The summed E-state index contributed by atoms with van der Waals surface area (Å²) in [5, 5.41) is 19.5. The average molecular weight is 389 g/mol. The minimum absolute atomic E-state index is 0.0259. The van der Waals surface area contributed by atoms with Crippen LogP contribution in [-0.4, -0.2) is 16.0 Å². The van der Waals surface area contributed by atoms with Gasteiger partial charge in [-0.2, -0.15) is 0 Å². The van der Waals surface area contributed by atoms with Crippen molar-refractivity contribution in [1.29, 1.82) is 0 Å². The highest BCUT2D eigenvalue weighted by Crippen LogP contribution is 2.23. The van der Waals surface area contributed by atoms with Crippen LogP contribution in [0.3, 0.4) is 0 Å². The summed E-state index contributed by atoms with van der Waals surface area (Å²) < 4.78 is 11.0. The molecule has 0 amide bonds. The first-order valence-corrected chi connectivity index (χ1v) is 6.44. The molecule has 2 aromatic rings. The van der Waals surface area contributed by atoms with E-state index in [1.165, 1.54) is 24.3 Å². The third-order valence-corrected chi connectivity index (χ3v) is 3.04. The number of ether oxygens (including phenoxy) is 1. The van der Waals surface area contributed by atoms with Crippen molar-refractivity contribution in [1.82, 2.24) is 0 Å². The van der Waals surface area contributed by atoms with E-state index in [0.29, 0.717) is 0 Å². The fourth-order valence-corrected chi connectivity index (χ4v) is 1.98. The Morgan fingerprint density at radius 2 is 2.15 bits per heavy atom. The van der Waals surface area contributed by atoms with Gasteiger partial charge in [-0.1, -0.05) is 0 Å². The van der Waals surface area contributed by atoms with Gasteiger partial charge in [0.25, 0.3) is 0 Å². The summed E-state index contributed by atoms with van der Waals surface area (Å²) in [6.07, 6.45) is 0. The van der Waals surface area contributed by atoms with Crippen molar-refractivity contribution in [2.45, 2.75) is 6.61 Å². The Hall–Kier alpha value is -2.10. The molecule has 0 atom stereocenters. The predicted molar refractivity (Wildman–Crippen MR) is 75.8 cm³/mol. The van der Waals surface area contributed by atoms with Gasteiger partial charge in [0.2, 0.25) is 0 Å². The van der Waals surface area contributed by atoms with Crippen molar-refractivity contribution in [3.63, 3.8) is 0 Å². The number of nitro groups is 1. The topological polar surface area (TPSA) is 103 Å². The molecule has 0 aliphatic heterocycles. The molecule has 8 heteroatoms. The first-order valence-electron chi connectivity index (χ1n) is 5.36. The van der Waals surface area contributed by atoms with Gasteiger partial charge in [0.1, 0.15) is 28.6 Å². The molecule has 0 radical (unpaired) electrons. The summed E-state index contributed by atoms with van der Waals surface area (Å²) in [5.41, 5.74) is 0.0259. The van der Waals surface area contributed by atoms with Crippen LogP contribution in [0, 0.1) is 13.7 Å². The summed E-state index contributed by atoms with van der Waals surface area (Å²) in [4.78, 5) is 20.9. The maximum Gasteiger partial charge on any atom is 0.433 e. The third-order valence-electron chi connectivity index (χ3n) is 2.37. The van der Waals surface area contributed by atoms with Crippen molar-refractivity contribution < 1.29 is 24.0 Å². The van der Waals surface area contributed by atoms with Crippen molar-refractivity contribution in [2.24, 2.45) is 0 Å². The number of carbonyl (C=O) groups is 1. The molecular formula is C12H8INO6. The molecule has 1 aromatic carbocycles. The lowest BCUT2D eigenvalue weighted by molar-refractivity contribution is -0.402. The molecule has 0 saturated heterocycles. The van der Waals surface area contributed by atoms with E-state index in [-0.39, 0.29) is 29.6 Å². The Kier molecular flexibility index (Phi) is 4.23. The van der Waals surface area contributed by atoms with E-state index in [1.807, 2.05) is 22.6 Å². The molecular weight excluding hydrogens is 381 g/mol. The van der Waals surface area contributed by atoms with Crippen molar-refractivity contribution in [2.75, 3.05) is 0 Å². The van der Waals surface area contributed by atoms with Gasteiger partial charge in [0, 0.05) is 3.57 Å². The molecule has 1 heterocycles. The minimum Gasteiger partial charge on any atom is -0.485 e. The van der Waals surface area contributed by atoms with E-state index >= 15 is 0 Å². The van der Waals surface area contributed by atoms with Crippen LogP contribution < -0.4 is 4.74 Å². The highest BCUT2D eigenvalue weighted by molar-refractivity contribution is 14.1. The van der Waals surface area contributed by atoms with Crippen LogP contribution in [0.25, 0.3) is 0 Å². The summed E-state index contributed by atoms with van der Waals surface area (Å²) >= 11 is 1.99. The molecule has 0 unspecified atom stereocenters. The van der Waals surface area contributed by atoms with Gasteiger partial charge in [0.15, 0.2) is 0 Å². The van der Waals surface area contributed by atoms with E-state index in [4.69, 9.17) is 14.3 Å². The zero-order chi connectivity index (χ0) is 14.7. The number of carboxylic acid groups (broad SMARTS) is 1. The van der Waals surface area contributed by atoms with E-state index in [9.17, 15) is 14.9 Å². The van der Waals surface area contributed by atoms with Crippen LogP contribution in [0.2, 0.25) is 0 Å². The molecule has 20 heavy (non-hydrogen) atoms. The highest BCUT2D eigenvalue weighted by Gasteiger charge is 2.15. The SMILES string of the molecule is O=C(O)c1cc(I)ccc1OCc1ccc([N+](=O)[O-])o1. The lowest BCUT2D eigenvalue weighted by Gasteiger charge is -2.07. The first kappa shape index (κ1) is 14.3. The molecule has 7 nitrogen and oxygen atoms in total. The van der Waals surface area contributed by atoms with E-state index in [0.717, 1.165) is 3.57 Å². The lowest BCUT2D eigenvalue weighted by atomic mass is 10.2. The monoisotopic (exact) mass is 389 g/mol. The molecule has 0 fully saturated rings. The van der Waals surface area contributed by atoms with Gasteiger partial charge < -0.3 is 14.3 Å². The normalized spacial score (nSPS) is 10.2. The lowest BCUT2D eigenvalue weighted by Crippen LogP contribution is -2.03. The number of hydrogen-bond acceptors (Lipinski definition) is 5. The molecule has 0 aliphatic rings. The summed E-state index contributed by atoms with van der Waals surface area (Å²) in [6.45, 7) is -0.0886. The molecule has 2 rings (SSSR count). The molecule has 1 N–H and O–H groups in total. The number of carboxylic acids is 1. The van der Waals surface area contributed by atoms with Gasteiger partial charge in [0.05, 0.1) is 6.07 Å². The van der Waals surface area contributed by atoms with Crippen LogP contribution in [-0.2, 0) is 6.61 Å². The second-order valence-electron chi connectivity index (χ2n) is 3.73. The fourth-order valence-electron chi connectivity index (χ4n) is 1.49. The molecule has 1 aromatic heterocycles. The van der Waals surface area contributed by atoms with Gasteiger partial charge in [-0.25, -0.2) is 4.79 Å². The Morgan fingerprint density at radius 3 is 2.75 bits per heavy atom. The average Bonchev–Trinajstić information content (AvgIpc) is 2.86. The fraction of sp³-hybridized carbons (Fsp3) is 0.0833. The number of nitrogens with zero attached hydrogens (tertiary/aromatic N) is 1. The Balaban J connectivity index is 2.14. The summed E-state index contributed by atoms with van der Waals surface area (Å²) in [7, 11) is 0. The van der Waals surface area contributed by atoms with Gasteiger partial charge in [-0.05, 0) is 46.9 Å². The summed E-state index contributed by atoms with van der Waals surface area (Å²) in [6, 6.07) is 7.33. The Bertz CT molecular complexity index is 666. The van der Waals surface area contributed by atoms with E-state index < -0.39 is 10.9 Å². The maximum absolute atomic E-state index is 11.1. The number of rotatable bonds is 5. The van der Waals surface area contributed by atoms with E-state index in [2.05, 4.69) is 0 Å². The van der Waals surface area contributed by atoms with E-state index in [1.54, 1.807) is 6.07 Å². The van der Waals surface area contributed by atoms with Crippen LogP contribution in [0.15, 0.2) is 34.7 Å². The van der Waals surface area contributed by atoms with Gasteiger partial charge in [-0.3, -0.25) is 10.1 Å². The second kappa shape index (κ2) is 5.90. The predicted octanol–water partition coefficient (Wildman–Crippen LogP) is 3.07. The zero-order valence-electron chi connectivity index (χ0n) is 9.91. The Morgan fingerprint density at radius 1 is 1.40 bits per heavy atom. The zero-order valence-corrected chi connectivity index (χ0v) is 12.1. The van der Waals surface area contributed by atoms with Crippen molar-refractivity contribution >= 4 is 34.4 Å². The van der Waals surface area contributed by atoms with Crippen LogP contribution in [0.4, 0.5) is 5.88 Å². The van der Waals surface area contributed by atoms with Crippen molar-refractivity contribution in [3.8, 4) is 5.75 Å². The van der Waals surface area contributed by atoms with Gasteiger partial charge >= 0.3 is 11.9 Å². The highest BCUT2D eigenvalue weighted by atomic mass is 127. The first-order chi connectivity index (χ1) is 9.47. The van der Waals surface area contributed by atoms with Crippen LogP contribution in [0.1, 0.15) is 16.1 Å². The minimum atomic E-state index is -1.11. The van der Waals surface area contributed by atoms with Crippen LogP contribution >= 0.6 is 22.6 Å². The third kappa shape index (κ3) is 3.26. The number of halogens is 1. The smallest absolute Gasteiger partial charge is 0.433 e.